The number of carboxylic acids is 1. The van der Waals surface area contributed by atoms with Crippen LogP contribution in [-0.4, -0.2) is 17.6 Å². The smallest absolute Gasteiger partial charge is 0.312 e. The quantitative estimate of drug-likeness (QED) is 0.882. The van der Waals surface area contributed by atoms with Gasteiger partial charge in [0, 0.05) is 6.54 Å². The van der Waals surface area contributed by atoms with Crippen molar-refractivity contribution in [1.29, 1.82) is 0 Å². The van der Waals surface area contributed by atoms with Crippen molar-refractivity contribution < 1.29 is 18.7 Å². The molecule has 1 atom stereocenters. The van der Waals surface area contributed by atoms with Crippen LogP contribution in [-0.2, 0) is 4.79 Å². The molecular formula is C15H13F2NO2. The summed E-state index contributed by atoms with van der Waals surface area (Å²) < 4.78 is 26.5. The zero-order valence-electron chi connectivity index (χ0n) is 10.5. The lowest BCUT2D eigenvalue weighted by atomic mass is 9.99. The molecule has 0 saturated heterocycles. The van der Waals surface area contributed by atoms with Crippen molar-refractivity contribution in [3.8, 4) is 0 Å². The van der Waals surface area contributed by atoms with Gasteiger partial charge in [-0.25, -0.2) is 8.78 Å². The molecular weight excluding hydrogens is 264 g/mol. The lowest BCUT2D eigenvalue weighted by molar-refractivity contribution is -0.138. The van der Waals surface area contributed by atoms with Crippen LogP contribution in [0.5, 0.6) is 0 Å². The van der Waals surface area contributed by atoms with E-state index in [0.717, 1.165) is 18.2 Å². The van der Waals surface area contributed by atoms with E-state index in [0.29, 0.717) is 5.56 Å². The molecule has 2 aromatic rings. The lowest BCUT2D eigenvalue weighted by Crippen LogP contribution is -2.21. The van der Waals surface area contributed by atoms with Crippen LogP contribution in [0.3, 0.4) is 0 Å². The fourth-order valence-electron chi connectivity index (χ4n) is 1.88. The molecule has 0 saturated carbocycles. The molecule has 0 heterocycles. The Morgan fingerprint density at radius 2 is 1.85 bits per heavy atom. The van der Waals surface area contributed by atoms with Crippen molar-refractivity contribution in [2.75, 3.05) is 11.9 Å². The maximum Gasteiger partial charge on any atom is 0.312 e. The third kappa shape index (κ3) is 3.32. The summed E-state index contributed by atoms with van der Waals surface area (Å²) in [4.78, 5) is 11.3. The molecule has 0 aliphatic carbocycles. The number of hydrogen-bond acceptors (Lipinski definition) is 2. The fraction of sp³-hybridized carbons (Fsp3) is 0.133. The average Bonchev–Trinajstić information content (AvgIpc) is 2.43. The Hall–Kier alpha value is -2.43. The number of benzene rings is 2. The van der Waals surface area contributed by atoms with Gasteiger partial charge in [-0.15, -0.1) is 0 Å². The van der Waals surface area contributed by atoms with Crippen LogP contribution in [0.2, 0.25) is 0 Å². The number of anilines is 1. The highest BCUT2D eigenvalue weighted by Crippen LogP contribution is 2.20. The monoisotopic (exact) mass is 277 g/mol. The van der Waals surface area contributed by atoms with Gasteiger partial charge in [-0.2, -0.15) is 0 Å². The fourth-order valence-corrected chi connectivity index (χ4v) is 1.88. The first-order valence-corrected chi connectivity index (χ1v) is 6.04. The summed E-state index contributed by atoms with van der Waals surface area (Å²) in [6.45, 7) is -0.0281. The molecule has 5 heteroatoms. The van der Waals surface area contributed by atoms with Gasteiger partial charge in [0.25, 0.3) is 0 Å². The summed E-state index contributed by atoms with van der Waals surface area (Å²) in [7, 11) is 0. The van der Waals surface area contributed by atoms with Crippen molar-refractivity contribution in [2.45, 2.75) is 5.92 Å². The minimum atomic E-state index is -1.03. The Labute approximate surface area is 114 Å². The van der Waals surface area contributed by atoms with Crippen LogP contribution in [0.25, 0.3) is 0 Å². The standard InChI is InChI=1S/C15H13F2NO2/c16-11-6-7-13(17)14(8-11)18-9-12(15(19)20)10-4-2-1-3-5-10/h1-8,12,18H,9H2,(H,19,20). The van der Waals surface area contributed by atoms with Gasteiger partial charge in [-0.3, -0.25) is 4.79 Å². The predicted molar refractivity (Wildman–Crippen MR) is 71.7 cm³/mol. The van der Waals surface area contributed by atoms with E-state index in [1.807, 2.05) is 0 Å². The topological polar surface area (TPSA) is 49.3 Å². The first-order chi connectivity index (χ1) is 9.58. The second-order valence-corrected chi connectivity index (χ2v) is 4.31. The summed E-state index contributed by atoms with van der Waals surface area (Å²) in [6.07, 6.45) is 0. The normalized spacial score (nSPS) is 11.9. The summed E-state index contributed by atoms with van der Waals surface area (Å²) in [5, 5.41) is 11.9. The highest BCUT2D eigenvalue weighted by Gasteiger charge is 2.19. The number of nitrogens with one attached hydrogen (secondary N) is 1. The second kappa shape index (κ2) is 6.14. The number of hydrogen-bond donors (Lipinski definition) is 2. The SMILES string of the molecule is O=C(O)C(CNc1cc(F)ccc1F)c1ccccc1. The molecule has 3 nitrogen and oxygen atoms in total. The molecule has 0 bridgehead atoms. The predicted octanol–water partition coefficient (Wildman–Crippen LogP) is 3.25. The minimum Gasteiger partial charge on any atom is -0.481 e. The van der Waals surface area contributed by atoms with Crippen molar-refractivity contribution in [1.82, 2.24) is 0 Å². The molecule has 104 valence electrons. The molecule has 0 fully saturated rings. The Kier molecular flexibility index (Phi) is 4.30. The van der Waals surface area contributed by atoms with Crippen LogP contribution in [0.4, 0.5) is 14.5 Å². The number of carbonyl (C=O) groups is 1. The van der Waals surface area contributed by atoms with Crippen LogP contribution >= 0.6 is 0 Å². The molecule has 0 aromatic heterocycles. The summed E-state index contributed by atoms with van der Waals surface area (Å²) in [5.41, 5.74) is 0.552. The third-order valence-electron chi connectivity index (χ3n) is 2.93. The van der Waals surface area contributed by atoms with Gasteiger partial charge >= 0.3 is 5.97 Å². The van der Waals surface area contributed by atoms with Crippen LogP contribution in [0, 0.1) is 11.6 Å². The second-order valence-electron chi connectivity index (χ2n) is 4.31. The number of rotatable bonds is 5. The average molecular weight is 277 g/mol. The lowest BCUT2D eigenvalue weighted by Gasteiger charge is -2.15. The summed E-state index contributed by atoms with van der Waals surface area (Å²) in [6, 6.07) is 11.6. The van der Waals surface area contributed by atoms with E-state index in [1.54, 1.807) is 30.3 Å². The van der Waals surface area contributed by atoms with Gasteiger partial charge in [0.05, 0.1) is 11.6 Å². The van der Waals surface area contributed by atoms with Gasteiger partial charge in [-0.1, -0.05) is 30.3 Å². The van der Waals surface area contributed by atoms with Crippen LogP contribution in [0.1, 0.15) is 11.5 Å². The number of carboxylic acid groups (broad SMARTS) is 1. The van der Waals surface area contributed by atoms with E-state index >= 15 is 0 Å². The van der Waals surface area contributed by atoms with E-state index in [2.05, 4.69) is 5.32 Å². The van der Waals surface area contributed by atoms with Crippen molar-refractivity contribution in [3.63, 3.8) is 0 Å². The Bertz CT molecular complexity index is 602. The summed E-state index contributed by atoms with van der Waals surface area (Å²) in [5.74, 6) is -3.07. The Morgan fingerprint density at radius 1 is 1.15 bits per heavy atom. The molecule has 0 aliphatic rings. The van der Waals surface area contributed by atoms with Crippen molar-refractivity contribution >= 4 is 11.7 Å². The summed E-state index contributed by atoms with van der Waals surface area (Å²) >= 11 is 0. The molecule has 0 spiro atoms. The molecule has 2 N–H and O–H groups in total. The molecule has 0 radical (unpaired) electrons. The van der Waals surface area contributed by atoms with E-state index in [-0.39, 0.29) is 12.2 Å². The van der Waals surface area contributed by atoms with Gasteiger partial charge in [-0.05, 0) is 23.8 Å². The van der Waals surface area contributed by atoms with E-state index in [9.17, 15) is 18.7 Å². The van der Waals surface area contributed by atoms with E-state index < -0.39 is 23.5 Å². The number of aliphatic carboxylic acids is 1. The minimum absolute atomic E-state index is 0.0281. The maximum atomic E-state index is 13.4. The van der Waals surface area contributed by atoms with Gasteiger partial charge in [0.1, 0.15) is 11.6 Å². The van der Waals surface area contributed by atoms with Gasteiger partial charge < -0.3 is 10.4 Å². The molecule has 0 aliphatic heterocycles. The Morgan fingerprint density at radius 3 is 2.50 bits per heavy atom. The number of halogens is 2. The van der Waals surface area contributed by atoms with E-state index in [1.165, 1.54) is 0 Å². The largest absolute Gasteiger partial charge is 0.481 e. The van der Waals surface area contributed by atoms with Gasteiger partial charge in [0.15, 0.2) is 0 Å². The van der Waals surface area contributed by atoms with Crippen LogP contribution < -0.4 is 5.32 Å². The maximum absolute atomic E-state index is 13.4. The molecule has 0 amide bonds. The first-order valence-electron chi connectivity index (χ1n) is 6.04. The zero-order chi connectivity index (χ0) is 14.5. The Balaban J connectivity index is 2.14. The van der Waals surface area contributed by atoms with Gasteiger partial charge in [0.2, 0.25) is 0 Å². The highest BCUT2D eigenvalue weighted by atomic mass is 19.1. The zero-order valence-corrected chi connectivity index (χ0v) is 10.5. The molecule has 2 aromatic carbocycles. The van der Waals surface area contributed by atoms with E-state index in [4.69, 9.17) is 0 Å². The first kappa shape index (κ1) is 14.0. The van der Waals surface area contributed by atoms with Crippen LogP contribution in [0.15, 0.2) is 48.5 Å². The van der Waals surface area contributed by atoms with Crippen molar-refractivity contribution in [2.24, 2.45) is 0 Å². The molecule has 2 rings (SSSR count). The van der Waals surface area contributed by atoms with Crippen molar-refractivity contribution in [3.05, 3.63) is 65.7 Å². The molecule has 1 unspecified atom stereocenters. The third-order valence-corrected chi connectivity index (χ3v) is 2.93. The molecule has 20 heavy (non-hydrogen) atoms. The highest BCUT2D eigenvalue weighted by molar-refractivity contribution is 5.77.